The van der Waals surface area contributed by atoms with E-state index in [9.17, 15) is 0 Å². The monoisotopic (exact) mass is 278 g/mol. The molecule has 1 N–H and O–H groups in total. The fraction of sp³-hybridized carbons (Fsp3) is 0.889. The van der Waals surface area contributed by atoms with Crippen LogP contribution in [-0.2, 0) is 0 Å². The zero-order chi connectivity index (χ0) is 14.4. The summed E-state index contributed by atoms with van der Waals surface area (Å²) in [6.07, 6.45) is 10.8. The van der Waals surface area contributed by atoms with Gasteiger partial charge in [0.2, 0.25) is 0 Å². The van der Waals surface area contributed by atoms with Gasteiger partial charge in [-0.25, -0.2) is 0 Å². The normalized spacial score (nSPS) is 29.4. The van der Waals surface area contributed by atoms with E-state index in [2.05, 4.69) is 37.1 Å². The quantitative estimate of drug-likeness (QED) is 0.769. The van der Waals surface area contributed by atoms with Crippen LogP contribution in [0.5, 0.6) is 0 Å². The third-order valence-electron chi connectivity index (χ3n) is 5.30. The van der Waals surface area contributed by atoms with Crippen LogP contribution in [0.2, 0.25) is 0 Å². The van der Waals surface area contributed by atoms with Crippen molar-refractivity contribution in [1.82, 2.24) is 10.2 Å². The van der Waals surface area contributed by atoms with Gasteiger partial charge < -0.3 is 5.32 Å². The third kappa shape index (κ3) is 5.21. The minimum Gasteiger partial charge on any atom is -0.314 e. The lowest BCUT2D eigenvalue weighted by atomic mass is 9.80. The van der Waals surface area contributed by atoms with Crippen molar-refractivity contribution in [2.45, 2.75) is 65.3 Å². The zero-order valence-corrected chi connectivity index (χ0v) is 13.8. The van der Waals surface area contributed by atoms with E-state index < -0.39 is 0 Å². The SMILES string of the molecule is CC(C)=CCN1CCC(NCC2CCCCC2C)CC1. The lowest BCUT2D eigenvalue weighted by molar-refractivity contribution is 0.193. The van der Waals surface area contributed by atoms with Crippen LogP contribution in [0.25, 0.3) is 0 Å². The van der Waals surface area contributed by atoms with Gasteiger partial charge in [-0.3, -0.25) is 4.90 Å². The van der Waals surface area contributed by atoms with E-state index in [1.807, 2.05) is 0 Å². The van der Waals surface area contributed by atoms with Crippen molar-refractivity contribution >= 4 is 0 Å². The second-order valence-electron chi connectivity index (χ2n) is 7.29. The van der Waals surface area contributed by atoms with E-state index in [1.165, 1.54) is 63.7 Å². The highest BCUT2D eigenvalue weighted by atomic mass is 15.1. The molecule has 0 amide bonds. The summed E-state index contributed by atoms with van der Waals surface area (Å²) in [6.45, 7) is 11.8. The van der Waals surface area contributed by atoms with Crippen molar-refractivity contribution in [3.8, 4) is 0 Å². The minimum absolute atomic E-state index is 0.770. The van der Waals surface area contributed by atoms with Crippen LogP contribution >= 0.6 is 0 Å². The molecule has 1 saturated carbocycles. The van der Waals surface area contributed by atoms with Gasteiger partial charge in [-0.1, -0.05) is 37.8 Å². The Kier molecular flexibility index (Phi) is 6.57. The summed E-state index contributed by atoms with van der Waals surface area (Å²) in [6, 6.07) is 0.770. The molecule has 20 heavy (non-hydrogen) atoms. The Labute approximate surface area is 126 Å². The van der Waals surface area contributed by atoms with Gasteiger partial charge in [-0.15, -0.1) is 0 Å². The second kappa shape index (κ2) is 8.19. The molecular weight excluding hydrogens is 244 g/mol. The van der Waals surface area contributed by atoms with Crippen LogP contribution in [0.1, 0.15) is 59.3 Å². The molecule has 1 heterocycles. The average Bonchev–Trinajstić information content (AvgIpc) is 2.45. The van der Waals surface area contributed by atoms with Crippen LogP contribution in [0.3, 0.4) is 0 Å². The molecule has 2 fully saturated rings. The predicted octanol–water partition coefficient (Wildman–Crippen LogP) is 3.83. The summed E-state index contributed by atoms with van der Waals surface area (Å²) >= 11 is 0. The number of likely N-dealkylation sites (tertiary alicyclic amines) is 1. The molecule has 116 valence electrons. The Hall–Kier alpha value is -0.340. The van der Waals surface area contributed by atoms with Gasteiger partial charge in [-0.05, 0) is 64.6 Å². The molecule has 0 bridgehead atoms. The topological polar surface area (TPSA) is 15.3 Å². The maximum Gasteiger partial charge on any atom is 0.0165 e. The Morgan fingerprint density at radius 1 is 1.10 bits per heavy atom. The van der Waals surface area contributed by atoms with Crippen molar-refractivity contribution in [1.29, 1.82) is 0 Å². The summed E-state index contributed by atoms with van der Waals surface area (Å²) in [5.74, 6) is 1.88. The van der Waals surface area contributed by atoms with E-state index in [-0.39, 0.29) is 0 Å². The maximum atomic E-state index is 3.87. The zero-order valence-electron chi connectivity index (χ0n) is 13.8. The highest BCUT2D eigenvalue weighted by Gasteiger charge is 2.23. The summed E-state index contributed by atoms with van der Waals surface area (Å²) in [4.78, 5) is 2.59. The van der Waals surface area contributed by atoms with Crippen LogP contribution < -0.4 is 5.32 Å². The first-order valence-corrected chi connectivity index (χ1v) is 8.74. The van der Waals surface area contributed by atoms with Crippen LogP contribution in [-0.4, -0.2) is 37.1 Å². The number of allylic oxidation sites excluding steroid dienone is 1. The molecule has 0 aromatic heterocycles. The molecule has 2 unspecified atom stereocenters. The van der Waals surface area contributed by atoms with Gasteiger partial charge in [0.25, 0.3) is 0 Å². The number of hydrogen-bond donors (Lipinski definition) is 1. The average molecular weight is 278 g/mol. The molecule has 0 spiro atoms. The highest BCUT2D eigenvalue weighted by Crippen LogP contribution is 2.29. The smallest absolute Gasteiger partial charge is 0.0165 e. The molecule has 1 saturated heterocycles. The van der Waals surface area contributed by atoms with E-state index in [4.69, 9.17) is 0 Å². The number of rotatable bonds is 5. The molecule has 2 nitrogen and oxygen atoms in total. The first kappa shape index (κ1) is 16.0. The minimum atomic E-state index is 0.770. The van der Waals surface area contributed by atoms with Gasteiger partial charge >= 0.3 is 0 Å². The molecule has 2 aliphatic rings. The first-order valence-electron chi connectivity index (χ1n) is 8.74. The van der Waals surface area contributed by atoms with E-state index in [0.717, 1.165) is 24.4 Å². The molecule has 2 atom stereocenters. The second-order valence-corrected chi connectivity index (χ2v) is 7.29. The Morgan fingerprint density at radius 2 is 1.80 bits per heavy atom. The van der Waals surface area contributed by atoms with Crippen molar-refractivity contribution in [3.63, 3.8) is 0 Å². The molecular formula is C18H34N2. The van der Waals surface area contributed by atoms with Crippen molar-refractivity contribution in [3.05, 3.63) is 11.6 Å². The largest absolute Gasteiger partial charge is 0.314 e. The molecule has 0 aromatic rings. The fourth-order valence-electron chi connectivity index (χ4n) is 3.65. The predicted molar refractivity (Wildman–Crippen MR) is 88.0 cm³/mol. The van der Waals surface area contributed by atoms with Crippen LogP contribution in [0.15, 0.2) is 11.6 Å². The van der Waals surface area contributed by atoms with E-state index in [1.54, 1.807) is 0 Å². The van der Waals surface area contributed by atoms with Gasteiger partial charge in [-0.2, -0.15) is 0 Å². The van der Waals surface area contributed by atoms with E-state index >= 15 is 0 Å². The van der Waals surface area contributed by atoms with E-state index in [0.29, 0.717) is 0 Å². The van der Waals surface area contributed by atoms with Gasteiger partial charge in [0.05, 0.1) is 0 Å². The fourth-order valence-corrected chi connectivity index (χ4v) is 3.65. The number of hydrogen-bond acceptors (Lipinski definition) is 2. The van der Waals surface area contributed by atoms with Crippen LogP contribution in [0, 0.1) is 11.8 Å². The molecule has 2 heteroatoms. The maximum absolute atomic E-state index is 3.87. The Morgan fingerprint density at radius 3 is 2.45 bits per heavy atom. The summed E-state index contributed by atoms with van der Waals surface area (Å²) in [7, 11) is 0. The Bertz CT molecular complexity index is 299. The molecule has 0 aromatic carbocycles. The van der Waals surface area contributed by atoms with Crippen molar-refractivity contribution < 1.29 is 0 Å². The van der Waals surface area contributed by atoms with Gasteiger partial charge in [0.15, 0.2) is 0 Å². The standard InChI is InChI=1S/C18H34N2/c1-15(2)8-11-20-12-9-18(10-13-20)19-14-17-7-5-4-6-16(17)3/h8,16-19H,4-7,9-14H2,1-3H3. The summed E-state index contributed by atoms with van der Waals surface area (Å²) < 4.78 is 0. The first-order chi connectivity index (χ1) is 9.65. The number of nitrogens with zero attached hydrogens (tertiary/aromatic N) is 1. The molecule has 0 radical (unpaired) electrons. The van der Waals surface area contributed by atoms with Crippen molar-refractivity contribution in [2.75, 3.05) is 26.2 Å². The van der Waals surface area contributed by atoms with Crippen LogP contribution in [0.4, 0.5) is 0 Å². The van der Waals surface area contributed by atoms with Crippen molar-refractivity contribution in [2.24, 2.45) is 11.8 Å². The van der Waals surface area contributed by atoms with Gasteiger partial charge in [0, 0.05) is 12.6 Å². The third-order valence-corrected chi connectivity index (χ3v) is 5.30. The Balaban J connectivity index is 1.63. The highest BCUT2D eigenvalue weighted by molar-refractivity contribution is 4.95. The number of nitrogens with one attached hydrogen (secondary N) is 1. The molecule has 2 rings (SSSR count). The van der Waals surface area contributed by atoms with Gasteiger partial charge in [0.1, 0.15) is 0 Å². The summed E-state index contributed by atoms with van der Waals surface area (Å²) in [5.41, 5.74) is 1.44. The lowest BCUT2D eigenvalue weighted by Gasteiger charge is -2.34. The summed E-state index contributed by atoms with van der Waals surface area (Å²) in [5, 5.41) is 3.87. The lowest BCUT2D eigenvalue weighted by Crippen LogP contribution is -2.44. The molecule has 1 aliphatic heterocycles. The number of piperidine rings is 1. The molecule has 1 aliphatic carbocycles.